The molecular weight excluding hydrogens is 266 g/mol. The maximum Gasteiger partial charge on any atom is 0.240 e. The second kappa shape index (κ2) is 6.91. The second-order valence-corrected chi connectivity index (χ2v) is 5.79. The van der Waals surface area contributed by atoms with Crippen molar-refractivity contribution >= 4 is 5.91 Å². The van der Waals surface area contributed by atoms with Gasteiger partial charge in [-0.25, -0.2) is 0 Å². The molecule has 116 valence electrons. The van der Waals surface area contributed by atoms with Crippen molar-refractivity contribution in [3.8, 4) is 5.75 Å². The van der Waals surface area contributed by atoms with Crippen LogP contribution in [0.5, 0.6) is 5.75 Å². The largest absolute Gasteiger partial charge is 0.496 e. The van der Waals surface area contributed by atoms with Crippen LogP contribution in [0.15, 0.2) is 24.3 Å². The highest BCUT2D eigenvalue weighted by atomic mass is 16.5. The Balaban J connectivity index is 1.97. The van der Waals surface area contributed by atoms with E-state index >= 15 is 0 Å². The molecule has 1 aromatic rings. The highest BCUT2D eigenvalue weighted by Gasteiger charge is 2.34. The minimum Gasteiger partial charge on any atom is -0.496 e. The third-order valence-electron chi connectivity index (χ3n) is 4.10. The van der Waals surface area contributed by atoms with Crippen molar-refractivity contribution in [2.24, 2.45) is 0 Å². The number of nitrogens with zero attached hydrogens (tertiary/aromatic N) is 1. The van der Waals surface area contributed by atoms with Gasteiger partial charge in [0.25, 0.3) is 0 Å². The van der Waals surface area contributed by atoms with Crippen LogP contribution in [-0.2, 0) is 11.3 Å². The molecule has 1 aromatic carbocycles. The molecule has 0 spiro atoms. The molecule has 21 heavy (non-hydrogen) atoms. The zero-order valence-electron chi connectivity index (χ0n) is 13.1. The molecule has 0 atom stereocenters. The number of hydrogen-bond acceptors (Lipinski definition) is 4. The number of nitrogens with one attached hydrogen (secondary N) is 2. The van der Waals surface area contributed by atoms with E-state index in [1.54, 1.807) is 7.11 Å². The molecule has 0 aromatic heterocycles. The summed E-state index contributed by atoms with van der Waals surface area (Å²) in [7, 11) is 1.64. The van der Waals surface area contributed by atoms with Crippen molar-refractivity contribution in [3.05, 3.63) is 29.8 Å². The quantitative estimate of drug-likeness (QED) is 0.850. The minimum absolute atomic E-state index is 0.0512. The average molecular weight is 291 g/mol. The third-order valence-corrected chi connectivity index (χ3v) is 4.10. The van der Waals surface area contributed by atoms with Gasteiger partial charge in [-0.05, 0) is 19.9 Å². The Bertz CT molecular complexity index is 482. The van der Waals surface area contributed by atoms with Crippen LogP contribution >= 0.6 is 0 Å². The summed E-state index contributed by atoms with van der Waals surface area (Å²) in [5.74, 6) is 0.855. The Morgan fingerprint density at radius 2 is 2.00 bits per heavy atom. The van der Waals surface area contributed by atoms with Crippen LogP contribution in [0.25, 0.3) is 0 Å². The SMILES string of the molecule is COc1ccccc1CNC(=O)C(C)(C)N1CCNCC1. The van der Waals surface area contributed by atoms with Gasteiger partial charge >= 0.3 is 0 Å². The van der Waals surface area contributed by atoms with Crippen molar-refractivity contribution in [1.82, 2.24) is 15.5 Å². The van der Waals surface area contributed by atoms with Gasteiger partial charge in [0.15, 0.2) is 0 Å². The van der Waals surface area contributed by atoms with Gasteiger partial charge in [-0.15, -0.1) is 0 Å². The summed E-state index contributed by atoms with van der Waals surface area (Å²) in [6.07, 6.45) is 0. The van der Waals surface area contributed by atoms with E-state index in [0.717, 1.165) is 37.5 Å². The molecule has 0 unspecified atom stereocenters. The van der Waals surface area contributed by atoms with Gasteiger partial charge < -0.3 is 15.4 Å². The van der Waals surface area contributed by atoms with Crippen molar-refractivity contribution in [2.45, 2.75) is 25.9 Å². The van der Waals surface area contributed by atoms with Gasteiger partial charge in [0.2, 0.25) is 5.91 Å². The monoisotopic (exact) mass is 291 g/mol. The van der Waals surface area contributed by atoms with E-state index in [-0.39, 0.29) is 5.91 Å². The number of methoxy groups -OCH3 is 1. The van der Waals surface area contributed by atoms with E-state index in [1.165, 1.54) is 0 Å². The molecule has 0 saturated carbocycles. The van der Waals surface area contributed by atoms with Crippen molar-refractivity contribution in [1.29, 1.82) is 0 Å². The number of amides is 1. The van der Waals surface area contributed by atoms with Gasteiger partial charge in [0.1, 0.15) is 5.75 Å². The van der Waals surface area contributed by atoms with Gasteiger partial charge in [-0.1, -0.05) is 18.2 Å². The van der Waals surface area contributed by atoms with Crippen molar-refractivity contribution < 1.29 is 9.53 Å². The van der Waals surface area contributed by atoms with Crippen LogP contribution in [0, 0.1) is 0 Å². The van der Waals surface area contributed by atoms with Gasteiger partial charge in [-0.3, -0.25) is 9.69 Å². The highest BCUT2D eigenvalue weighted by Crippen LogP contribution is 2.19. The van der Waals surface area contributed by atoms with E-state index in [4.69, 9.17) is 4.74 Å². The highest BCUT2D eigenvalue weighted by molar-refractivity contribution is 5.85. The molecule has 0 radical (unpaired) electrons. The lowest BCUT2D eigenvalue weighted by molar-refractivity contribution is -0.132. The Labute approximate surface area is 126 Å². The standard InChI is InChI=1S/C16H25N3O2/c1-16(2,19-10-8-17-9-11-19)15(20)18-12-13-6-4-5-7-14(13)21-3/h4-7,17H,8-12H2,1-3H3,(H,18,20). The van der Waals surface area contributed by atoms with Crippen LogP contribution in [0.4, 0.5) is 0 Å². The lowest BCUT2D eigenvalue weighted by Crippen LogP contribution is -2.59. The van der Waals surface area contributed by atoms with Gasteiger partial charge in [0, 0.05) is 38.3 Å². The van der Waals surface area contributed by atoms with Crippen molar-refractivity contribution in [3.63, 3.8) is 0 Å². The Morgan fingerprint density at radius 1 is 1.33 bits per heavy atom. The smallest absolute Gasteiger partial charge is 0.240 e. The molecule has 2 rings (SSSR count). The van der Waals surface area contributed by atoms with Crippen LogP contribution in [0.2, 0.25) is 0 Å². The Kier molecular flexibility index (Phi) is 5.20. The number of carbonyl (C=O) groups is 1. The maximum absolute atomic E-state index is 12.5. The Morgan fingerprint density at radius 3 is 2.67 bits per heavy atom. The molecular formula is C16H25N3O2. The van der Waals surface area contributed by atoms with E-state index in [2.05, 4.69) is 15.5 Å². The fraction of sp³-hybridized carbons (Fsp3) is 0.562. The number of ether oxygens (including phenoxy) is 1. The number of hydrogen-bond donors (Lipinski definition) is 2. The number of rotatable bonds is 5. The summed E-state index contributed by atoms with van der Waals surface area (Å²) < 4.78 is 5.31. The van der Waals surface area contributed by atoms with E-state index in [9.17, 15) is 4.79 Å². The predicted octanol–water partition coefficient (Wildman–Crippen LogP) is 0.995. The summed E-state index contributed by atoms with van der Waals surface area (Å²) in [4.78, 5) is 14.7. The molecule has 1 fully saturated rings. The first kappa shape index (κ1) is 15.8. The fourth-order valence-corrected chi connectivity index (χ4v) is 2.61. The molecule has 0 bridgehead atoms. The molecule has 2 N–H and O–H groups in total. The molecule has 5 nitrogen and oxygen atoms in total. The molecule has 1 saturated heterocycles. The fourth-order valence-electron chi connectivity index (χ4n) is 2.61. The zero-order chi connectivity index (χ0) is 15.3. The third kappa shape index (κ3) is 3.74. The normalized spacial score (nSPS) is 16.5. The summed E-state index contributed by atoms with van der Waals surface area (Å²) in [5, 5.41) is 6.34. The number of benzene rings is 1. The van der Waals surface area contributed by atoms with Gasteiger partial charge in [-0.2, -0.15) is 0 Å². The van der Waals surface area contributed by atoms with Crippen LogP contribution in [0.3, 0.4) is 0 Å². The molecule has 1 heterocycles. The first-order valence-electron chi connectivity index (χ1n) is 7.41. The second-order valence-electron chi connectivity index (χ2n) is 5.79. The maximum atomic E-state index is 12.5. The molecule has 1 amide bonds. The lowest BCUT2D eigenvalue weighted by atomic mass is 10.00. The number of carbonyl (C=O) groups excluding carboxylic acids is 1. The summed E-state index contributed by atoms with van der Waals surface area (Å²) >= 11 is 0. The average Bonchev–Trinajstić information content (AvgIpc) is 2.53. The lowest BCUT2D eigenvalue weighted by Gasteiger charge is -2.39. The summed E-state index contributed by atoms with van der Waals surface area (Å²) in [5.41, 5.74) is 0.494. The molecule has 1 aliphatic rings. The molecule has 5 heteroatoms. The predicted molar refractivity (Wildman–Crippen MR) is 83.4 cm³/mol. The summed E-state index contributed by atoms with van der Waals surface area (Å²) in [6, 6.07) is 7.75. The number of para-hydroxylation sites is 1. The van der Waals surface area contributed by atoms with Crippen LogP contribution in [0.1, 0.15) is 19.4 Å². The molecule has 0 aliphatic carbocycles. The topological polar surface area (TPSA) is 53.6 Å². The van der Waals surface area contributed by atoms with Crippen molar-refractivity contribution in [2.75, 3.05) is 33.3 Å². The summed E-state index contributed by atoms with van der Waals surface area (Å²) in [6.45, 7) is 8.11. The first-order valence-corrected chi connectivity index (χ1v) is 7.41. The molecule has 1 aliphatic heterocycles. The van der Waals surface area contributed by atoms with Crippen LogP contribution in [-0.4, -0.2) is 49.6 Å². The number of piperazine rings is 1. The Hall–Kier alpha value is -1.59. The van der Waals surface area contributed by atoms with E-state index < -0.39 is 5.54 Å². The van der Waals surface area contributed by atoms with Crippen LogP contribution < -0.4 is 15.4 Å². The first-order chi connectivity index (χ1) is 10.1. The van der Waals surface area contributed by atoms with E-state index in [1.807, 2.05) is 38.1 Å². The van der Waals surface area contributed by atoms with E-state index in [0.29, 0.717) is 6.54 Å². The minimum atomic E-state index is -0.496. The zero-order valence-corrected chi connectivity index (χ0v) is 13.1. The van der Waals surface area contributed by atoms with Gasteiger partial charge in [0.05, 0.1) is 12.6 Å².